The van der Waals surface area contributed by atoms with Crippen molar-refractivity contribution in [2.45, 2.75) is 6.61 Å². The van der Waals surface area contributed by atoms with E-state index >= 15 is 0 Å². The van der Waals surface area contributed by atoms with Crippen molar-refractivity contribution < 1.29 is 18.7 Å². The van der Waals surface area contributed by atoms with Gasteiger partial charge < -0.3 is 9.47 Å². The summed E-state index contributed by atoms with van der Waals surface area (Å²) in [4.78, 5) is 11.0. The smallest absolute Gasteiger partial charge is 0.172 e. The van der Waals surface area contributed by atoms with Crippen LogP contribution in [0.25, 0.3) is 0 Å². The monoisotopic (exact) mass is 294 g/mol. The third-order valence-corrected chi connectivity index (χ3v) is 3.05. The first kappa shape index (κ1) is 14.3. The average Bonchev–Trinajstić information content (AvgIpc) is 2.48. The Kier molecular flexibility index (Phi) is 4.58. The van der Waals surface area contributed by atoms with Gasteiger partial charge in [0, 0.05) is 5.56 Å². The third-order valence-electron chi connectivity index (χ3n) is 2.76. The summed E-state index contributed by atoms with van der Waals surface area (Å²) >= 11 is 5.70. The van der Waals surface area contributed by atoms with Gasteiger partial charge in [-0.05, 0) is 18.2 Å². The van der Waals surface area contributed by atoms with Gasteiger partial charge in [0.25, 0.3) is 0 Å². The third kappa shape index (κ3) is 2.91. The fourth-order valence-corrected chi connectivity index (χ4v) is 1.94. The van der Waals surface area contributed by atoms with Crippen molar-refractivity contribution in [3.05, 3.63) is 58.4 Å². The standard InChI is InChI=1S/C15H12ClFO3/c1-19-13-7-3-4-10(8-18)15(13)20-9-11-5-2-6-12(16)14(11)17/h2-8H,9H2,1H3. The number of halogens is 2. The molecule has 0 aromatic heterocycles. The molecule has 0 heterocycles. The molecule has 2 aromatic carbocycles. The summed E-state index contributed by atoms with van der Waals surface area (Å²) < 4.78 is 24.4. The zero-order chi connectivity index (χ0) is 14.5. The van der Waals surface area contributed by atoms with E-state index in [2.05, 4.69) is 0 Å². The Morgan fingerprint density at radius 1 is 1.25 bits per heavy atom. The van der Waals surface area contributed by atoms with Crippen molar-refractivity contribution in [3.8, 4) is 11.5 Å². The Morgan fingerprint density at radius 2 is 2.00 bits per heavy atom. The molecule has 0 aliphatic rings. The van der Waals surface area contributed by atoms with E-state index in [0.29, 0.717) is 23.2 Å². The summed E-state index contributed by atoms with van der Waals surface area (Å²) in [5.41, 5.74) is 0.645. The molecule has 5 heteroatoms. The first-order valence-electron chi connectivity index (χ1n) is 5.85. The minimum Gasteiger partial charge on any atom is -0.493 e. The average molecular weight is 295 g/mol. The molecule has 0 saturated heterocycles. The van der Waals surface area contributed by atoms with Crippen molar-refractivity contribution in [3.63, 3.8) is 0 Å². The van der Waals surface area contributed by atoms with Gasteiger partial charge in [0.2, 0.25) is 0 Å². The number of para-hydroxylation sites is 1. The van der Waals surface area contributed by atoms with Gasteiger partial charge in [0.05, 0.1) is 17.7 Å². The molecule has 0 bridgehead atoms. The van der Waals surface area contributed by atoms with Crippen molar-refractivity contribution >= 4 is 17.9 Å². The molecule has 0 atom stereocenters. The molecule has 0 fully saturated rings. The van der Waals surface area contributed by atoms with Crippen LogP contribution in [0.4, 0.5) is 4.39 Å². The maximum absolute atomic E-state index is 13.8. The fourth-order valence-electron chi connectivity index (χ4n) is 1.75. The molecule has 0 unspecified atom stereocenters. The molecule has 0 spiro atoms. The van der Waals surface area contributed by atoms with Gasteiger partial charge in [-0.1, -0.05) is 29.8 Å². The number of ether oxygens (including phenoxy) is 2. The van der Waals surface area contributed by atoms with Crippen LogP contribution in [0.3, 0.4) is 0 Å². The minimum absolute atomic E-state index is 0.0294. The summed E-state index contributed by atoms with van der Waals surface area (Å²) in [7, 11) is 1.47. The molecule has 0 saturated carbocycles. The highest BCUT2D eigenvalue weighted by Crippen LogP contribution is 2.31. The Balaban J connectivity index is 2.27. The highest BCUT2D eigenvalue weighted by atomic mass is 35.5. The molecule has 0 amide bonds. The number of aldehydes is 1. The predicted molar refractivity (Wildman–Crippen MR) is 74.1 cm³/mol. The summed E-state index contributed by atoms with van der Waals surface area (Å²) in [5.74, 6) is 0.165. The Labute approximate surface area is 120 Å². The summed E-state index contributed by atoms with van der Waals surface area (Å²) in [6, 6.07) is 9.59. The molecule has 0 radical (unpaired) electrons. The number of benzene rings is 2. The lowest BCUT2D eigenvalue weighted by molar-refractivity contribution is 0.111. The SMILES string of the molecule is COc1cccc(C=O)c1OCc1cccc(Cl)c1F. The number of carbonyl (C=O) groups excluding carboxylic acids is 1. The topological polar surface area (TPSA) is 35.5 Å². The molecule has 0 N–H and O–H groups in total. The minimum atomic E-state index is -0.531. The predicted octanol–water partition coefficient (Wildman–Crippen LogP) is 3.88. The number of hydrogen-bond acceptors (Lipinski definition) is 3. The molecule has 0 aliphatic carbocycles. The van der Waals surface area contributed by atoms with Crippen LogP contribution >= 0.6 is 11.6 Å². The second-order valence-electron chi connectivity index (χ2n) is 4.00. The molecule has 2 rings (SSSR count). The number of rotatable bonds is 5. The van der Waals surface area contributed by atoms with Gasteiger partial charge in [-0.3, -0.25) is 4.79 Å². The first-order chi connectivity index (χ1) is 9.67. The summed E-state index contributed by atoms with van der Waals surface area (Å²) in [6.45, 7) is -0.0480. The van der Waals surface area contributed by atoms with Gasteiger partial charge in [0.1, 0.15) is 12.4 Å². The summed E-state index contributed by atoms with van der Waals surface area (Å²) in [5, 5.41) is 0.0294. The summed E-state index contributed by atoms with van der Waals surface area (Å²) in [6.07, 6.45) is 0.659. The van der Waals surface area contributed by atoms with Crippen LogP contribution in [0.5, 0.6) is 11.5 Å². The van der Waals surface area contributed by atoms with Crippen molar-refractivity contribution in [2.75, 3.05) is 7.11 Å². The van der Waals surface area contributed by atoms with Crippen LogP contribution in [-0.2, 0) is 6.61 Å². The Bertz CT molecular complexity index is 629. The highest BCUT2D eigenvalue weighted by molar-refractivity contribution is 6.30. The van der Waals surface area contributed by atoms with Crippen LogP contribution in [0, 0.1) is 5.82 Å². The van der Waals surface area contributed by atoms with Crippen LogP contribution < -0.4 is 9.47 Å². The largest absolute Gasteiger partial charge is 0.493 e. The van der Waals surface area contributed by atoms with Gasteiger partial charge >= 0.3 is 0 Å². The van der Waals surface area contributed by atoms with Crippen LogP contribution in [0.15, 0.2) is 36.4 Å². The van der Waals surface area contributed by atoms with Crippen LogP contribution in [0.1, 0.15) is 15.9 Å². The van der Waals surface area contributed by atoms with Gasteiger partial charge in [-0.25, -0.2) is 4.39 Å². The molecule has 20 heavy (non-hydrogen) atoms. The quantitative estimate of drug-likeness (QED) is 0.785. The molecular weight excluding hydrogens is 283 g/mol. The molecule has 2 aromatic rings. The van der Waals surface area contributed by atoms with E-state index in [1.54, 1.807) is 30.3 Å². The van der Waals surface area contributed by atoms with Crippen molar-refractivity contribution in [1.82, 2.24) is 0 Å². The van der Waals surface area contributed by atoms with Crippen LogP contribution in [-0.4, -0.2) is 13.4 Å². The second kappa shape index (κ2) is 6.39. The Morgan fingerprint density at radius 3 is 2.70 bits per heavy atom. The molecule has 104 valence electrons. The van der Waals surface area contributed by atoms with E-state index in [9.17, 15) is 9.18 Å². The lowest BCUT2D eigenvalue weighted by Crippen LogP contribution is -2.02. The van der Waals surface area contributed by atoms with E-state index in [1.165, 1.54) is 13.2 Å². The molecule has 0 aliphatic heterocycles. The maximum atomic E-state index is 13.8. The highest BCUT2D eigenvalue weighted by Gasteiger charge is 2.12. The molecular formula is C15H12ClFO3. The number of hydrogen-bond donors (Lipinski definition) is 0. The lowest BCUT2D eigenvalue weighted by atomic mass is 10.2. The van der Waals surface area contributed by atoms with Crippen molar-refractivity contribution in [1.29, 1.82) is 0 Å². The van der Waals surface area contributed by atoms with Gasteiger partial charge in [-0.15, -0.1) is 0 Å². The fraction of sp³-hybridized carbons (Fsp3) is 0.133. The number of carbonyl (C=O) groups is 1. The maximum Gasteiger partial charge on any atom is 0.172 e. The zero-order valence-corrected chi connectivity index (χ0v) is 11.5. The van der Waals surface area contributed by atoms with E-state index in [1.807, 2.05) is 0 Å². The second-order valence-corrected chi connectivity index (χ2v) is 4.41. The lowest BCUT2D eigenvalue weighted by Gasteiger charge is -2.13. The van der Waals surface area contributed by atoms with Crippen LogP contribution in [0.2, 0.25) is 5.02 Å². The molecule has 3 nitrogen and oxygen atoms in total. The van der Waals surface area contributed by atoms with E-state index in [0.717, 1.165) is 0 Å². The van der Waals surface area contributed by atoms with E-state index in [4.69, 9.17) is 21.1 Å². The normalized spacial score (nSPS) is 10.2. The zero-order valence-electron chi connectivity index (χ0n) is 10.7. The van der Waals surface area contributed by atoms with E-state index < -0.39 is 5.82 Å². The van der Waals surface area contributed by atoms with E-state index in [-0.39, 0.29) is 17.4 Å². The first-order valence-corrected chi connectivity index (χ1v) is 6.23. The van der Waals surface area contributed by atoms with Gasteiger partial charge in [-0.2, -0.15) is 0 Å². The number of methoxy groups -OCH3 is 1. The van der Waals surface area contributed by atoms with Crippen molar-refractivity contribution in [2.24, 2.45) is 0 Å². The Hall–Kier alpha value is -2.07. The van der Waals surface area contributed by atoms with Gasteiger partial charge in [0.15, 0.2) is 17.8 Å².